The number of nitrogens with two attached hydrogens (primary N) is 1. The number of benzene rings is 1. The molecule has 0 saturated heterocycles. The number of anilines is 2. The van der Waals surface area contributed by atoms with E-state index in [0.717, 1.165) is 10.4 Å². The summed E-state index contributed by atoms with van der Waals surface area (Å²) in [5.41, 5.74) is 7.13. The maximum atomic E-state index is 12.5. The summed E-state index contributed by atoms with van der Waals surface area (Å²) >= 11 is 1.28. The molecule has 1 aromatic heterocycles. The van der Waals surface area contributed by atoms with E-state index in [9.17, 15) is 9.59 Å². The predicted molar refractivity (Wildman–Crippen MR) is 105 cm³/mol. The van der Waals surface area contributed by atoms with Crippen LogP contribution < -0.4 is 30.6 Å². The molecule has 0 bridgehead atoms. The summed E-state index contributed by atoms with van der Waals surface area (Å²) in [6.07, 6.45) is 0.584. The van der Waals surface area contributed by atoms with E-state index in [4.69, 9.17) is 24.7 Å². The third-order valence-electron chi connectivity index (χ3n) is 4.22. The lowest BCUT2D eigenvalue weighted by atomic mass is 10.1. The van der Waals surface area contributed by atoms with Crippen LogP contribution in [-0.2, 0) is 17.8 Å². The van der Waals surface area contributed by atoms with E-state index in [1.54, 1.807) is 12.1 Å². The number of ether oxygens (including phenoxy) is 4. The van der Waals surface area contributed by atoms with E-state index in [-0.39, 0.29) is 0 Å². The van der Waals surface area contributed by atoms with Crippen molar-refractivity contribution in [3.05, 3.63) is 28.1 Å². The lowest BCUT2D eigenvalue weighted by molar-refractivity contribution is 0.0991. The normalized spacial score (nSPS) is 12.7. The smallest absolute Gasteiger partial charge is 0.324 e. The van der Waals surface area contributed by atoms with Crippen molar-refractivity contribution in [2.24, 2.45) is 5.73 Å². The van der Waals surface area contributed by atoms with E-state index < -0.39 is 11.9 Å². The lowest BCUT2D eigenvalue weighted by Crippen LogP contribution is -2.22. The van der Waals surface area contributed by atoms with Gasteiger partial charge in [0.25, 0.3) is 5.91 Å². The molecule has 0 spiro atoms. The van der Waals surface area contributed by atoms with Crippen molar-refractivity contribution in [1.82, 2.24) is 0 Å². The summed E-state index contributed by atoms with van der Waals surface area (Å²) in [5, 5.41) is 5.79. The lowest BCUT2D eigenvalue weighted by Gasteiger charge is -2.15. The molecule has 3 amide bonds. The van der Waals surface area contributed by atoms with Crippen LogP contribution in [0.2, 0.25) is 0 Å². The van der Waals surface area contributed by atoms with Gasteiger partial charge in [0.1, 0.15) is 5.00 Å². The Morgan fingerprint density at radius 3 is 2.36 bits per heavy atom. The van der Waals surface area contributed by atoms with Crippen LogP contribution in [-0.4, -0.2) is 39.9 Å². The number of amides is 3. The fourth-order valence-electron chi connectivity index (χ4n) is 3.00. The summed E-state index contributed by atoms with van der Waals surface area (Å²) in [6, 6.07) is 2.67. The molecular weight excluding hydrogens is 386 g/mol. The Labute approximate surface area is 165 Å². The van der Waals surface area contributed by atoms with E-state index in [2.05, 4.69) is 10.6 Å². The molecule has 0 atom stereocenters. The Morgan fingerprint density at radius 2 is 1.79 bits per heavy atom. The van der Waals surface area contributed by atoms with Crippen LogP contribution in [0, 0.1) is 0 Å². The van der Waals surface area contributed by atoms with Crippen molar-refractivity contribution in [2.75, 3.05) is 38.6 Å². The highest BCUT2D eigenvalue weighted by Gasteiger charge is 2.25. The molecule has 9 nitrogen and oxygen atoms in total. The molecule has 150 valence electrons. The SMILES string of the molecule is COc1cc(NC(=O)Nc2sc3c(c2C(N)=O)CCOC3)cc(OC)c1OC. The zero-order valence-corrected chi connectivity index (χ0v) is 16.5. The highest BCUT2D eigenvalue weighted by Crippen LogP contribution is 2.40. The summed E-state index contributed by atoms with van der Waals surface area (Å²) in [4.78, 5) is 25.3. The number of thiophene rings is 1. The number of fused-ring (bicyclic) bond motifs is 1. The number of methoxy groups -OCH3 is 3. The van der Waals surface area contributed by atoms with E-state index in [1.807, 2.05) is 0 Å². The molecule has 0 unspecified atom stereocenters. The second kappa shape index (κ2) is 8.36. The number of urea groups is 1. The second-order valence-corrected chi connectivity index (χ2v) is 6.97. The van der Waals surface area contributed by atoms with Crippen LogP contribution in [0.3, 0.4) is 0 Å². The highest BCUT2D eigenvalue weighted by molar-refractivity contribution is 7.17. The number of hydrogen-bond donors (Lipinski definition) is 3. The molecule has 0 radical (unpaired) electrons. The van der Waals surface area contributed by atoms with Gasteiger partial charge < -0.3 is 30.0 Å². The van der Waals surface area contributed by atoms with Crippen molar-refractivity contribution in [1.29, 1.82) is 0 Å². The number of rotatable bonds is 6. The quantitative estimate of drug-likeness (QED) is 0.677. The Bertz CT molecular complexity index is 886. The minimum Gasteiger partial charge on any atom is -0.493 e. The predicted octanol–water partition coefficient (Wildman–Crippen LogP) is 2.59. The number of carbonyl (C=O) groups excluding carboxylic acids is 2. The molecule has 2 heterocycles. The van der Waals surface area contributed by atoms with Gasteiger partial charge in [-0.1, -0.05) is 0 Å². The second-order valence-electron chi connectivity index (χ2n) is 5.87. The topological polar surface area (TPSA) is 121 Å². The van der Waals surface area contributed by atoms with Crippen molar-refractivity contribution in [3.63, 3.8) is 0 Å². The van der Waals surface area contributed by atoms with Gasteiger partial charge in [0, 0.05) is 17.0 Å². The van der Waals surface area contributed by atoms with E-state index >= 15 is 0 Å². The first-order chi connectivity index (χ1) is 13.5. The van der Waals surface area contributed by atoms with Crippen molar-refractivity contribution in [2.45, 2.75) is 13.0 Å². The molecule has 10 heteroatoms. The van der Waals surface area contributed by atoms with Crippen LogP contribution in [0.25, 0.3) is 0 Å². The number of nitrogens with one attached hydrogen (secondary N) is 2. The fraction of sp³-hybridized carbons (Fsp3) is 0.333. The monoisotopic (exact) mass is 407 g/mol. The first kappa shape index (κ1) is 19.8. The van der Waals surface area contributed by atoms with Crippen LogP contribution in [0.4, 0.5) is 15.5 Å². The van der Waals surface area contributed by atoms with Crippen molar-refractivity contribution >= 4 is 34.0 Å². The summed E-state index contributed by atoms with van der Waals surface area (Å²) in [5.74, 6) is 0.637. The number of primary amides is 1. The highest BCUT2D eigenvalue weighted by atomic mass is 32.1. The zero-order valence-electron chi connectivity index (χ0n) is 15.7. The largest absolute Gasteiger partial charge is 0.493 e. The maximum absolute atomic E-state index is 12.5. The fourth-order valence-corrected chi connectivity index (χ4v) is 4.19. The molecule has 0 aliphatic carbocycles. The molecule has 3 rings (SSSR count). The third kappa shape index (κ3) is 3.82. The molecule has 0 saturated carbocycles. The average molecular weight is 407 g/mol. The molecular formula is C18H21N3O6S. The van der Waals surface area contributed by atoms with Gasteiger partial charge in [-0.15, -0.1) is 11.3 Å². The summed E-state index contributed by atoms with van der Waals surface area (Å²) in [7, 11) is 4.46. The first-order valence-electron chi connectivity index (χ1n) is 8.38. The summed E-state index contributed by atoms with van der Waals surface area (Å²) in [6.45, 7) is 0.914. The van der Waals surface area contributed by atoms with Gasteiger partial charge in [-0.05, 0) is 12.0 Å². The van der Waals surface area contributed by atoms with Gasteiger partial charge in [0.05, 0.1) is 45.8 Å². The first-order valence-corrected chi connectivity index (χ1v) is 9.20. The van der Waals surface area contributed by atoms with Gasteiger partial charge >= 0.3 is 6.03 Å². The molecule has 4 N–H and O–H groups in total. The van der Waals surface area contributed by atoms with Crippen molar-refractivity contribution in [3.8, 4) is 17.2 Å². The van der Waals surface area contributed by atoms with Crippen LogP contribution in [0.1, 0.15) is 20.8 Å². The van der Waals surface area contributed by atoms with Crippen LogP contribution in [0.5, 0.6) is 17.2 Å². The van der Waals surface area contributed by atoms with Crippen LogP contribution >= 0.6 is 11.3 Å². The van der Waals surface area contributed by atoms with Gasteiger partial charge in [0.15, 0.2) is 11.5 Å². The van der Waals surface area contributed by atoms with Gasteiger partial charge in [-0.2, -0.15) is 0 Å². The Balaban J connectivity index is 1.83. The van der Waals surface area contributed by atoms with Crippen LogP contribution in [0.15, 0.2) is 12.1 Å². The zero-order chi connectivity index (χ0) is 20.3. The number of hydrogen-bond acceptors (Lipinski definition) is 7. The minimum atomic E-state index is -0.581. The third-order valence-corrected chi connectivity index (χ3v) is 5.34. The molecule has 0 fully saturated rings. The summed E-state index contributed by atoms with van der Waals surface area (Å²) < 4.78 is 21.2. The number of carbonyl (C=O) groups is 2. The van der Waals surface area contributed by atoms with E-state index in [0.29, 0.717) is 53.1 Å². The minimum absolute atomic E-state index is 0.336. The molecule has 1 aliphatic heterocycles. The molecule has 2 aromatic rings. The van der Waals surface area contributed by atoms with Gasteiger partial charge in [-0.3, -0.25) is 10.1 Å². The van der Waals surface area contributed by atoms with Crippen molar-refractivity contribution < 1.29 is 28.5 Å². The van der Waals surface area contributed by atoms with E-state index in [1.165, 1.54) is 32.7 Å². The molecule has 1 aromatic carbocycles. The average Bonchev–Trinajstić information content (AvgIpc) is 3.04. The van der Waals surface area contributed by atoms with Gasteiger partial charge in [0.2, 0.25) is 5.75 Å². The van der Waals surface area contributed by atoms with Gasteiger partial charge in [-0.25, -0.2) is 4.79 Å². The Morgan fingerprint density at radius 1 is 1.11 bits per heavy atom. The standard InChI is InChI=1S/C18H21N3O6S/c1-24-11-6-9(7-12(25-2)15(11)26-3)20-18(23)21-17-14(16(19)22)10-4-5-27-8-13(10)28-17/h6-7H,4-5,8H2,1-3H3,(H2,19,22)(H2,20,21,23). The maximum Gasteiger partial charge on any atom is 0.324 e. The molecule has 1 aliphatic rings. The molecule has 28 heavy (non-hydrogen) atoms. The Hall–Kier alpha value is -2.98. The Kier molecular flexibility index (Phi) is 5.90.